The van der Waals surface area contributed by atoms with Crippen LogP contribution >= 0.6 is 0 Å². The molecule has 0 aliphatic rings. The number of anilines is 1. The van der Waals surface area contributed by atoms with Crippen LogP contribution in [0.3, 0.4) is 0 Å². The van der Waals surface area contributed by atoms with E-state index in [0.717, 1.165) is 11.1 Å². The molecule has 0 bridgehead atoms. The summed E-state index contributed by atoms with van der Waals surface area (Å²) < 4.78 is 1.31. The Kier molecular flexibility index (Phi) is 5.67. The van der Waals surface area contributed by atoms with E-state index in [2.05, 4.69) is 17.6 Å². The Hall–Kier alpha value is -2.55. The van der Waals surface area contributed by atoms with Crippen molar-refractivity contribution in [1.29, 1.82) is 0 Å². The van der Waals surface area contributed by atoms with Gasteiger partial charge in [-0.05, 0) is 0 Å². The fourth-order valence-electron chi connectivity index (χ4n) is 2.21. The van der Waals surface area contributed by atoms with Crippen molar-refractivity contribution in [3.63, 3.8) is 0 Å². The molecule has 0 fully saturated rings. The molecule has 3 aromatic carbocycles. The van der Waals surface area contributed by atoms with Gasteiger partial charge in [-0.2, -0.15) is 0 Å². The Labute approximate surface area is 148 Å². The first-order valence-corrected chi connectivity index (χ1v) is 9.76. The Morgan fingerprint density at radius 2 is 1.33 bits per heavy atom. The van der Waals surface area contributed by atoms with Crippen LogP contribution in [0.15, 0.2) is 91.0 Å². The van der Waals surface area contributed by atoms with E-state index >= 15 is 0 Å². The van der Waals surface area contributed by atoms with Crippen molar-refractivity contribution in [2.45, 2.75) is 0 Å². The van der Waals surface area contributed by atoms with Crippen LogP contribution in [0.1, 0.15) is 10.4 Å². The van der Waals surface area contributed by atoms with E-state index in [1.54, 1.807) is 0 Å². The molecule has 0 atom stereocenters. The summed E-state index contributed by atoms with van der Waals surface area (Å²) in [6.45, 7) is 0. The Morgan fingerprint density at radius 3 is 1.96 bits per heavy atom. The summed E-state index contributed by atoms with van der Waals surface area (Å²) in [4.78, 5) is 12.5. The second-order valence-electron chi connectivity index (χ2n) is 5.16. The molecule has 0 aliphatic carbocycles. The van der Waals surface area contributed by atoms with Crippen LogP contribution in [0, 0.1) is 0 Å². The van der Waals surface area contributed by atoms with Gasteiger partial charge in [-0.3, -0.25) is 0 Å². The topological polar surface area (TPSA) is 32.3 Å². The average Bonchev–Trinajstić information content (AvgIpc) is 2.67. The van der Waals surface area contributed by atoms with Crippen LogP contribution in [-0.4, -0.2) is 26.3 Å². The van der Waals surface area contributed by atoms with Gasteiger partial charge >= 0.3 is 148 Å². The fraction of sp³-hybridized carbons (Fsp3) is 0.0500. The first-order valence-electron chi connectivity index (χ1n) is 7.69. The van der Waals surface area contributed by atoms with Gasteiger partial charge in [0.15, 0.2) is 0 Å². The average molecular weight is 381 g/mol. The van der Waals surface area contributed by atoms with Crippen LogP contribution in [-0.2, 0) is 0 Å². The van der Waals surface area contributed by atoms with Gasteiger partial charge in [0.2, 0.25) is 0 Å². The fourth-order valence-corrected chi connectivity index (χ4v) is 3.98. The van der Waals surface area contributed by atoms with Gasteiger partial charge in [-0.25, -0.2) is 0 Å². The SMILES string of the molecule is O=C(NN(C[Se]c1ccccc1)c1ccccc1)c1ccccc1. The van der Waals surface area contributed by atoms with Gasteiger partial charge in [-0.15, -0.1) is 0 Å². The Morgan fingerprint density at radius 1 is 0.792 bits per heavy atom. The van der Waals surface area contributed by atoms with E-state index in [4.69, 9.17) is 0 Å². The second-order valence-corrected chi connectivity index (χ2v) is 7.29. The minimum atomic E-state index is -0.0942. The van der Waals surface area contributed by atoms with Gasteiger partial charge in [0.25, 0.3) is 0 Å². The van der Waals surface area contributed by atoms with Crippen LogP contribution in [0.2, 0.25) is 0 Å². The molecule has 3 nitrogen and oxygen atoms in total. The van der Waals surface area contributed by atoms with E-state index in [1.807, 2.05) is 83.9 Å². The zero-order chi connectivity index (χ0) is 16.6. The molecule has 4 heteroatoms. The number of rotatable bonds is 6. The normalized spacial score (nSPS) is 10.2. The summed E-state index contributed by atoms with van der Waals surface area (Å²) >= 11 is 0.237. The van der Waals surface area contributed by atoms with Crippen molar-refractivity contribution in [3.05, 3.63) is 96.6 Å². The molecule has 0 aliphatic heterocycles. The van der Waals surface area contributed by atoms with Crippen LogP contribution in [0.25, 0.3) is 0 Å². The van der Waals surface area contributed by atoms with E-state index in [-0.39, 0.29) is 20.9 Å². The molecule has 0 heterocycles. The van der Waals surface area contributed by atoms with Crippen molar-refractivity contribution in [3.8, 4) is 0 Å². The van der Waals surface area contributed by atoms with Gasteiger partial charge in [0.05, 0.1) is 0 Å². The van der Waals surface area contributed by atoms with E-state index < -0.39 is 0 Å². The predicted molar refractivity (Wildman–Crippen MR) is 99.5 cm³/mol. The van der Waals surface area contributed by atoms with Crippen LogP contribution in [0.4, 0.5) is 5.69 Å². The third-order valence-corrected chi connectivity index (χ3v) is 5.53. The number of carbonyl (C=O) groups excluding carboxylic acids is 1. The molecule has 0 spiro atoms. The van der Waals surface area contributed by atoms with Crippen molar-refractivity contribution in [2.24, 2.45) is 0 Å². The third kappa shape index (κ3) is 4.48. The third-order valence-electron chi connectivity index (χ3n) is 3.44. The van der Waals surface area contributed by atoms with Crippen molar-refractivity contribution >= 4 is 31.0 Å². The monoisotopic (exact) mass is 382 g/mol. The molecule has 0 saturated heterocycles. The van der Waals surface area contributed by atoms with Gasteiger partial charge < -0.3 is 0 Å². The zero-order valence-corrected chi connectivity index (χ0v) is 14.8. The molecule has 24 heavy (non-hydrogen) atoms. The predicted octanol–water partition coefficient (Wildman–Crippen LogP) is 2.83. The second kappa shape index (κ2) is 8.34. The van der Waals surface area contributed by atoms with E-state index in [0.29, 0.717) is 5.56 Å². The quantitative estimate of drug-likeness (QED) is 0.526. The standard InChI is InChI=1S/C20H18N2OSe/c23-20(17-10-4-1-5-11-17)21-22(18-12-6-2-7-13-18)16-24-19-14-8-3-9-15-19/h1-15H,16H2,(H,21,23). The van der Waals surface area contributed by atoms with E-state index in [1.165, 1.54) is 4.46 Å². The number of nitrogens with zero attached hydrogens (tertiary/aromatic N) is 1. The van der Waals surface area contributed by atoms with Crippen LogP contribution < -0.4 is 14.9 Å². The minimum absolute atomic E-state index is 0.0942. The Balaban J connectivity index is 1.74. The van der Waals surface area contributed by atoms with Crippen LogP contribution in [0.5, 0.6) is 0 Å². The molecule has 0 radical (unpaired) electrons. The van der Waals surface area contributed by atoms with Crippen molar-refractivity contribution < 1.29 is 4.79 Å². The number of carbonyl (C=O) groups is 1. The number of hydrogen-bond acceptors (Lipinski definition) is 2. The number of hydrogen-bond donors (Lipinski definition) is 1. The van der Waals surface area contributed by atoms with Crippen molar-refractivity contribution in [1.82, 2.24) is 5.43 Å². The molecular weight excluding hydrogens is 363 g/mol. The maximum absolute atomic E-state index is 12.5. The maximum atomic E-state index is 12.5. The molecule has 0 unspecified atom stereocenters. The zero-order valence-electron chi connectivity index (χ0n) is 13.1. The van der Waals surface area contributed by atoms with Crippen molar-refractivity contribution in [2.75, 3.05) is 10.5 Å². The molecule has 1 amide bonds. The molecule has 3 aromatic rings. The molecule has 120 valence electrons. The van der Waals surface area contributed by atoms with Gasteiger partial charge in [0.1, 0.15) is 0 Å². The molecule has 0 aromatic heterocycles. The number of nitrogens with one attached hydrogen (secondary N) is 1. The summed E-state index contributed by atoms with van der Waals surface area (Å²) in [6, 6.07) is 29.6. The van der Waals surface area contributed by atoms with Gasteiger partial charge in [0, 0.05) is 0 Å². The summed E-state index contributed by atoms with van der Waals surface area (Å²) in [6.07, 6.45) is 0. The summed E-state index contributed by atoms with van der Waals surface area (Å²) in [5, 5.41) is 1.93. The molecule has 3 rings (SSSR count). The first kappa shape index (κ1) is 16.3. The summed E-state index contributed by atoms with van der Waals surface area (Å²) in [7, 11) is 0. The van der Waals surface area contributed by atoms with Gasteiger partial charge in [-0.1, -0.05) is 0 Å². The molecule has 0 saturated carbocycles. The number of benzene rings is 3. The number of para-hydroxylation sites is 1. The summed E-state index contributed by atoms with van der Waals surface area (Å²) in [5.41, 5.74) is 5.44. The number of amides is 1. The summed E-state index contributed by atoms with van der Waals surface area (Å²) in [5.74, 6) is -0.0942. The Bertz CT molecular complexity index is 763. The molecule has 1 N–H and O–H groups in total. The number of hydrazine groups is 1. The first-order chi connectivity index (χ1) is 11.8. The van der Waals surface area contributed by atoms with E-state index in [9.17, 15) is 4.79 Å². The molecular formula is C20H18N2OSe.